The van der Waals surface area contributed by atoms with Gasteiger partial charge in [0.1, 0.15) is 6.10 Å². The fourth-order valence-corrected chi connectivity index (χ4v) is 1.45. The second-order valence-electron chi connectivity index (χ2n) is 3.87. The van der Waals surface area contributed by atoms with E-state index in [9.17, 15) is 9.59 Å². The predicted octanol–water partition coefficient (Wildman–Crippen LogP) is -0.0499. The third kappa shape index (κ3) is 2.87. The highest BCUT2D eigenvalue weighted by Crippen LogP contribution is 2.07. The molecule has 3 amide bonds. The molecule has 1 saturated heterocycles. The van der Waals surface area contributed by atoms with Crippen molar-refractivity contribution in [3.05, 3.63) is 5.82 Å². The Morgan fingerprint density at radius 2 is 2.39 bits per heavy atom. The minimum Gasteiger partial charge on any atom is -0.442 e. The zero-order valence-electron chi connectivity index (χ0n) is 9.97. The van der Waals surface area contributed by atoms with Crippen molar-refractivity contribution in [3.63, 3.8) is 0 Å². The Morgan fingerprint density at radius 1 is 1.61 bits per heavy atom. The first-order valence-corrected chi connectivity index (χ1v) is 5.31. The monoisotopic (exact) mass is 255 g/mol. The molecule has 0 spiro atoms. The zero-order chi connectivity index (χ0) is 13.1. The Bertz CT molecular complexity index is 460. The number of carbonyl (C=O) groups is 2. The minimum absolute atomic E-state index is 0.0190. The van der Waals surface area contributed by atoms with E-state index in [-0.39, 0.29) is 18.7 Å². The fourth-order valence-electron chi connectivity index (χ4n) is 1.45. The van der Waals surface area contributed by atoms with Crippen LogP contribution in [-0.2, 0) is 4.74 Å². The number of cyclic esters (lactones) is 1. The number of urea groups is 1. The molecule has 2 heterocycles. The van der Waals surface area contributed by atoms with Crippen molar-refractivity contribution in [3.8, 4) is 0 Å². The van der Waals surface area contributed by atoms with E-state index in [0.717, 1.165) is 0 Å². The Hall–Kier alpha value is -2.32. The Kier molecular flexibility index (Phi) is 3.31. The summed E-state index contributed by atoms with van der Waals surface area (Å²) in [5.74, 6) is 0.427. The first kappa shape index (κ1) is 12.1. The molecule has 98 valence electrons. The van der Waals surface area contributed by atoms with Crippen molar-refractivity contribution in [2.75, 3.05) is 25.5 Å². The SMILES string of the molecule is Cc1noc(NC(=O)NC[C@@H]2CN(C)C(=O)O2)n1. The Labute approximate surface area is 102 Å². The highest BCUT2D eigenvalue weighted by Gasteiger charge is 2.28. The minimum atomic E-state index is -0.496. The number of aryl methyl sites for hydroxylation is 1. The van der Waals surface area contributed by atoms with Gasteiger partial charge in [-0.15, -0.1) is 0 Å². The van der Waals surface area contributed by atoms with Crippen molar-refractivity contribution in [1.82, 2.24) is 20.4 Å². The van der Waals surface area contributed by atoms with Gasteiger partial charge in [-0.25, -0.2) is 9.59 Å². The molecule has 2 N–H and O–H groups in total. The summed E-state index contributed by atoms with van der Waals surface area (Å²) in [6.45, 7) is 2.30. The number of rotatable bonds is 3. The number of hydrogen-bond donors (Lipinski definition) is 2. The normalized spacial score (nSPS) is 18.7. The summed E-state index contributed by atoms with van der Waals surface area (Å²) in [5, 5.41) is 8.43. The van der Waals surface area contributed by atoms with Gasteiger partial charge >= 0.3 is 18.1 Å². The first-order chi connectivity index (χ1) is 8.54. The molecule has 2 rings (SSSR count). The zero-order valence-corrected chi connectivity index (χ0v) is 9.97. The topological polar surface area (TPSA) is 110 Å². The molecule has 1 aromatic heterocycles. The molecular formula is C9H13N5O4. The molecule has 1 aliphatic heterocycles. The maximum atomic E-state index is 11.4. The van der Waals surface area contributed by atoms with Gasteiger partial charge in [-0.3, -0.25) is 5.32 Å². The highest BCUT2D eigenvalue weighted by atomic mass is 16.6. The molecule has 9 nitrogen and oxygen atoms in total. The average molecular weight is 255 g/mol. The van der Waals surface area contributed by atoms with Crippen molar-refractivity contribution in [1.29, 1.82) is 0 Å². The number of amides is 3. The number of nitrogens with one attached hydrogen (secondary N) is 2. The number of anilines is 1. The average Bonchev–Trinajstić information content (AvgIpc) is 2.84. The number of aromatic nitrogens is 2. The van der Waals surface area contributed by atoms with Crippen LogP contribution in [0.2, 0.25) is 0 Å². The quantitative estimate of drug-likeness (QED) is 0.783. The predicted molar refractivity (Wildman–Crippen MR) is 59.0 cm³/mol. The van der Waals surface area contributed by atoms with E-state index in [1.54, 1.807) is 14.0 Å². The molecule has 0 bridgehead atoms. The van der Waals surface area contributed by atoms with E-state index < -0.39 is 12.1 Å². The summed E-state index contributed by atoms with van der Waals surface area (Å²) < 4.78 is 9.69. The number of carbonyl (C=O) groups excluding carboxylic acids is 2. The van der Waals surface area contributed by atoms with Crippen LogP contribution in [0.1, 0.15) is 5.82 Å². The number of hydrogen-bond acceptors (Lipinski definition) is 6. The summed E-state index contributed by atoms with van der Waals surface area (Å²) in [6, 6.07) is -0.477. The number of ether oxygens (including phenoxy) is 1. The van der Waals surface area contributed by atoms with Crippen molar-refractivity contribution in [2.24, 2.45) is 0 Å². The van der Waals surface area contributed by atoms with Crippen LogP contribution in [0.15, 0.2) is 4.52 Å². The van der Waals surface area contributed by atoms with Crippen LogP contribution in [-0.4, -0.2) is 53.4 Å². The Morgan fingerprint density at radius 3 is 2.94 bits per heavy atom. The lowest BCUT2D eigenvalue weighted by Gasteiger charge is -2.09. The molecule has 1 fully saturated rings. The lowest BCUT2D eigenvalue weighted by molar-refractivity contribution is 0.134. The van der Waals surface area contributed by atoms with Gasteiger partial charge in [0.25, 0.3) is 0 Å². The largest absolute Gasteiger partial charge is 0.442 e. The summed E-state index contributed by atoms with van der Waals surface area (Å²) in [7, 11) is 1.63. The van der Waals surface area contributed by atoms with Gasteiger partial charge in [-0.2, -0.15) is 4.98 Å². The second-order valence-corrected chi connectivity index (χ2v) is 3.87. The van der Waals surface area contributed by atoms with Gasteiger partial charge in [-0.05, 0) is 6.92 Å². The van der Waals surface area contributed by atoms with E-state index in [4.69, 9.17) is 9.26 Å². The van der Waals surface area contributed by atoms with Crippen LogP contribution in [0.4, 0.5) is 15.6 Å². The Balaban J connectivity index is 1.74. The molecule has 1 atom stereocenters. The van der Waals surface area contributed by atoms with Gasteiger partial charge in [0.05, 0.1) is 13.1 Å². The molecule has 9 heteroatoms. The molecule has 0 aromatic carbocycles. The molecule has 0 aliphatic carbocycles. The van der Waals surface area contributed by atoms with Gasteiger partial charge in [-0.1, -0.05) is 5.16 Å². The lowest BCUT2D eigenvalue weighted by atomic mass is 10.3. The van der Waals surface area contributed by atoms with Crippen LogP contribution in [0.25, 0.3) is 0 Å². The summed E-state index contributed by atoms with van der Waals surface area (Å²) >= 11 is 0. The maximum absolute atomic E-state index is 11.4. The van der Waals surface area contributed by atoms with E-state index in [1.807, 2.05) is 0 Å². The van der Waals surface area contributed by atoms with Gasteiger partial charge in [0.2, 0.25) is 0 Å². The van der Waals surface area contributed by atoms with Crippen molar-refractivity contribution in [2.45, 2.75) is 13.0 Å². The summed E-state index contributed by atoms with van der Waals surface area (Å²) in [5.41, 5.74) is 0. The molecule has 0 saturated carbocycles. The van der Waals surface area contributed by atoms with Crippen LogP contribution in [0.5, 0.6) is 0 Å². The molecule has 0 unspecified atom stereocenters. The van der Waals surface area contributed by atoms with Gasteiger partial charge in [0, 0.05) is 7.05 Å². The van der Waals surface area contributed by atoms with E-state index in [0.29, 0.717) is 12.4 Å². The van der Waals surface area contributed by atoms with Crippen LogP contribution in [0, 0.1) is 6.92 Å². The van der Waals surface area contributed by atoms with Crippen molar-refractivity contribution < 1.29 is 18.8 Å². The smallest absolute Gasteiger partial charge is 0.410 e. The molecule has 1 aliphatic rings. The van der Waals surface area contributed by atoms with E-state index in [2.05, 4.69) is 20.8 Å². The highest BCUT2D eigenvalue weighted by molar-refractivity contribution is 5.86. The van der Waals surface area contributed by atoms with Gasteiger partial charge in [0.15, 0.2) is 5.82 Å². The van der Waals surface area contributed by atoms with Gasteiger partial charge < -0.3 is 19.5 Å². The van der Waals surface area contributed by atoms with Crippen LogP contribution < -0.4 is 10.6 Å². The van der Waals surface area contributed by atoms with Crippen LogP contribution >= 0.6 is 0 Å². The van der Waals surface area contributed by atoms with E-state index >= 15 is 0 Å². The third-order valence-electron chi connectivity index (χ3n) is 2.29. The van der Waals surface area contributed by atoms with E-state index in [1.165, 1.54) is 4.90 Å². The van der Waals surface area contributed by atoms with Crippen molar-refractivity contribution >= 4 is 18.1 Å². The lowest BCUT2D eigenvalue weighted by Crippen LogP contribution is -2.36. The second kappa shape index (κ2) is 4.90. The number of nitrogens with zero attached hydrogens (tertiary/aromatic N) is 3. The summed E-state index contributed by atoms with van der Waals surface area (Å²) in [6.07, 6.45) is -0.743. The fraction of sp³-hybridized carbons (Fsp3) is 0.556. The molecule has 1 aromatic rings. The molecular weight excluding hydrogens is 242 g/mol. The number of likely N-dealkylation sites (N-methyl/N-ethyl adjacent to an activating group) is 1. The summed E-state index contributed by atoms with van der Waals surface area (Å²) in [4.78, 5) is 27.7. The standard InChI is InChI=1S/C9H13N5O4/c1-5-11-8(18-13-5)12-7(15)10-3-6-4-14(2)9(16)17-6/h6H,3-4H2,1-2H3,(H2,10,11,12,13,15)/t6-/m1/s1. The molecule has 18 heavy (non-hydrogen) atoms. The van der Waals surface area contributed by atoms with Crippen LogP contribution in [0.3, 0.4) is 0 Å². The molecule has 0 radical (unpaired) electrons. The first-order valence-electron chi connectivity index (χ1n) is 5.31. The maximum Gasteiger partial charge on any atom is 0.410 e. The third-order valence-corrected chi connectivity index (χ3v) is 2.29.